The van der Waals surface area contributed by atoms with Crippen molar-refractivity contribution in [3.8, 4) is 0 Å². The number of hydrogen-bond donors (Lipinski definition) is 1. The van der Waals surface area contributed by atoms with Crippen molar-refractivity contribution in [2.24, 2.45) is 0 Å². The zero-order valence-corrected chi connectivity index (χ0v) is 12.5. The van der Waals surface area contributed by atoms with Crippen molar-refractivity contribution in [3.63, 3.8) is 0 Å². The molecule has 1 aromatic rings. The van der Waals surface area contributed by atoms with E-state index in [9.17, 15) is 13.2 Å². The molecule has 7 heteroatoms. The molecule has 5 nitrogen and oxygen atoms in total. The largest absolute Gasteiger partial charge is 0.478 e. The monoisotopic (exact) mass is 335 g/mol. The molecule has 0 spiro atoms. The van der Waals surface area contributed by atoms with Gasteiger partial charge in [0.1, 0.15) is 0 Å². The number of nitrogens with zero attached hydrogens (tertiary/aromatic N) is 1. The van der Waals surface area contributed by atoms with Gasteiger partial charge in [-0.15, -0.1) is 0 Å². The summed E-state index contributed by atoms with van der Waals surface area (Å²) in [5, 5.41) is 9.01. The molecule has 0 aliphatic carbocycles. The highest BCUT2D eigenvalue weighted by Crippen LogP contribution is 2.22. The van der Waals surface area contributed by atoms with Crippen LogP contribution in [0.15, 0.2) is 27.6 Å². The van der Waals surface area contributed by atoms with Gasteiger partial charge in [0.25, 0.3) is 0 Å². The lowest BCUT2D eigenvalue weighted by Gasteiger charge is -2.11. The molecule has 0 aliphatic heterocycles. The summed E-state index contributed by atoms with van der Waals surface area (Å²) in [6, 6.07) is 4.12. The average Bonchev–Trinajstić information content (AvgIpc) is 2.26. The highest BCUT2D eigenvalue weighted by Gasteiger charge is 2.22. The third kappa shape index (κ3) is 3.79. The van der Waals surface area contributed by atoms with Gasteiger partial charge >= 0.3 is 5.97 Å². The van der Waals surface area contributed by atoms with Crippen LogP contribution in [0.4, 0.5) is 0 Å². The second-order valence-electron chi connectivity index (χ2n) is 4.07. The third-order valence-electron chi connectivity index (χ3n) is 2.32. The number of aromatic carboxylic acids is 1. The molecule has 1 N–H and O–H groups in total. The quantitative estimate of drug-likeness (QED) is 0.882. The number of carboxylic acid groups (broad SMARTS) is 1. The normalized spacial score (nSPS) is 11.8. The average molecular weight is 336 g/mol. The van der Waals surface area contributed by atoms with Gasteiger partial charge in [0.15, 0.2) is 9.84 Å². The summed E-state index contributed by atoms with van der Waals surface area (Å²) in [4.78, 5) is 12.6. The van der Waals surface area contributed by atoms with Crippen LogP contribution in [0.25, 0.3) is 0 Å². The molecule has 0 saturated carbocycles. The van der Waals surface area contributed by atoms with Gasteiger partial charge in [-0.05, 0) is 32.3 Å². The van der Waals surface area contributed by atoms with Crippen molar-refractivity contribution in [1.82, 2.24) is 4.90 Å². The molecule has 100 valence electrons. The van der Waals surface area contributed by atoms with Crippen molar-refractivity contribution in [2.75, 3.05) is 26.4 Å². The zero-order chi connectivity index (χ0) is 13.9. The van der Waals surface area contributed by atoms with E-state index in [1.807, 2.05) is 0 Å². The number of carboxylic acids is 1. The minimum atomic E-state index is -3.61. The van der Waals surface area contributed by atoms with Crippen molar-refractivity contribution in [2.45, 2.75) is 4.90 Å². The van der Waals surface area contributed by atoms with Gasteiger partial charge in [-0.3, -0.25) is 0 Å². The van der Waals surface area contributed by atoms with Crippen LogP contribution >= 0.6 is 15.9 Å². The number of halogens is 1. The molecule has 0 fully saturated rings. The predicted molar refractivity (Wildman–Crippen MR) is 71.7 cm³/mol. The summed E-state index contributed by atoms with van der Waals surface area (Å²) < 4.78 is 24.7. The van der Waals surface area contributed by atoms with E-state index in [1.54, 1.807) is 19.0 Å². The van der Waals surface area contributed by atoms with E-state index in [-0.39, 0.29) is 16.2 Å². The second kappa shape index (κ2) is 5.81. The van der Waals surface area contributed by atoms with Crippen LogP contribution in [0.1, 0.15) is 10.4 Å². The van der Waals surface area contributed by atoms with Crippen molar-refractivity contribution >= 4 is 31.7 Å². The molecular formula is C11H14BrNO4S. The Labute approximate surface area is 114 Å². The van der Waals surface area contributed by atoms with Crippen LogP contribution < -0.4 is 0 Å². The first kappa shape index (κ1) is 15.1. The van der Waals surface area contributed by atoms with Crippen LogP contribution in [-0.4, -0.2) is 50.8 Å². The van der Waals surface area contributed by atoms with Crippen molar-refractivity contribution in [3.05, 3.63) is 28.2 Å². The van der Waals surface area contributed by atoms with E-state index >= 15 is 0 Å². The Bertz CT molecular complexity index is 554. The maximum atomic E-state index is 12.1. The fraction of sp³-hybridized carbons (Fsp3) is 0.364. The van der Waals surface area contributed by atoms with E-state index in [0.717, 1.165) is 0 Å². The number of rotatable bonds is 5. The Morgan fingerprint density at radius 1 is 1.39 bits per heavy atom. The summed E-state index contributed by atoms with van der Waals surface area (Å²) in [5.74, 6) is -1.36. The van der Waals surface area contributed by atoms with E-state index < -0.39 is 15.8 Å². The summed E-state index contributed by atoms with van der Waals surface area (Å²) in [7, 11) is -0.0891. The molecule has 0 bridgehead atoms. The zero-order valence-electron chi connectivity index (χ0n) is 10.1. The van der Waals surface area contributed by atoms with Crippen LogP contribution in [0.5, 0.6) is 0 Å². The maximum Gasteiger partial charge on any atom is 0.337 e. The number of benzene rings is 1. The number of carbonyl (C=O) groups is 1. The molecule has 1 aromatic carbocycles. The molecule has 0 atom stereocenters. The molecule has 0 aromatic heterocycles. The highest BCUT2D eigenvalue weighted by atomic mass is 79.9. The number of hydrogen-bond acceptors (Lipinski definition) is 4. The second-order valence-corrected chi connectivity index (χ2v) is 7.06. The summed E-state index contributed by atoms with van der Waals surface area (Å²) in [5.41, 5.74) is -0.197. The predicted octanol–water partition coefficient (Wildman–Crippen LogP) is 1.48. The Morgan fingerprint density at radius 3 is 2.50 bits per heavy atom. The Morgan fingerprint density at radius 2 is 2.00 bits per heavy atom. The van der Waals surface area contributed by atoms with E-state index in [0.29, 0.717) is 11.0 Å². The third-order valence-corrected chi connectivity index (χ3v) is 4.54. The molecule has 0 heterocycles. The maximum absolute atomic E-state index is 12.1. The molecule has 0 unspecified atom stereocenters. The van der Waals surface area contributed by atoms with Gasteiger partial charge in [0.05, 0.1) is 16.2 Å². The Balaban J connectivity index is 3.22. The topological polar surface area (TPSA) is 74.7 Å². The molecule has 0 aliphatic rings. The smallest absolute Gasteiger partial charge is 0.337 e. The van der Waals surface area contributed by atoms with Gasteiger partial charge in [0, 0.05) is 11.0 Å². The fourth-order valence-corrected chi connectivity index (χ4v) is 3.48. The summed E-state index contributed by atoms with van der Waals surface area (Å²) in [6.45, 7) is 0.341. The van der Waals surface area contributed by atoms with Crippen molar-refractivity contribution in [1.29, 1.82) is 0 Å². The van der Waals surface area contributed by atoms with Gasteiger partial charge in [-0.25, -0.2) is 13.2 Å². The van der Waals surface area contributed by atoms with Gasteiger partial charge in [-0.2, -0.15) is 0 Å². The van der Waals surface area contributed by atoms with Crippen LogP contribution in [-0.2, 0) is 9.84 Å². The van der Waals surface area contributed by atoms with Gasteiger partial charge in [-0.1, -0.05) is 15.9 Å². The van der Waals surface area contributed by atoms with Crippen LogP contribution in [0.3, 0.4) is 0 Å². The van der Waals surface area contributed by atoms with Crippen molar-refractivity contribution < 1.29 is 18.3 Å². The lowest BCUT2D eigenvalue weighted by Crippen LogP contribution is -2.23. The lowest BCUT2D eigenvalue weighted by molar-refractivity contribution is 0.0692. The highest BCUT2D eigenvalue weighted by molar-refractivity contribution is 9.10. The molecule has 0 radical (unpaired) electrons. The molecule has 0 amide bonds. The van der Waals surface area contributed by atoms with E-state index in [2.05, 4.69) is 15.9 Å². The molecular weight excluding hydrogens is 322 g/mol. The summed E-state index contributed by atoms with van der Waals surface area (Å²) >= 11 is 3.15. The first-order valence-corrected chi connectivity index (χ1v) is 7.59. The van der Waals surface area contributed by atoms with Crippen LogP contribution in [0.2, 0.25) is 0 Å². The molecule has 1 rings (SSSR count). The lowest BCUT2D eigenvalue weighted by atomic mass is 10.2. The Kier molecular flexibility index (Phi) is 4.89. The molecule has 18 heavy (non-hydrogen) atoms. The summed E-state index contributed by atoms with van der Waals surface area (Å²) in [6.07, 6.45) is 0. The Hall–Kier alpha value is -0.920. The van der Waals surface area contributed by atoms with Gasteiger partial charge < -0.3 is 10.0 Å². The minimum Gasteiger partial charge on any atom is -0.478 e. The fourth-order valence-electron chi connectivity index (χ4n) is 1.34. The SMILES string of the molecule is CN(C)CCS(=O)(=O)c1cc(Br)ccc1C(=O)O. The van der Waals surface area contributed by atoms with Gasteiger partial charge in [0.2, 0.25) is 0 Å². The first-order chi connectivity index (χ1) is 8.24. The standard InChI is InChI=1S/C11H14BrNO4S/c1-13(2)5-6-18(16,17)10-7-8(12)3-4-9(10)11(14)15/h3-4,7H,5-6H2,1-2H3,(H,14,15). The first-order valence-electron chi connectivity index (χ1n) is 5.14. The number of sulfone groups is 1. The van der Waals surface area contributed by atoms with E-state index in [1.165, 1.54) is 18.2 Å². The van der Waals surface area contributed by atoms with E-state index in [4.69, 9.17) is 5.11 Å². The van der Waals surface area contributed by atoms with Crippen LogP contribution in [0, 0.1) is 0 Å². The minimum absolute atomic E-state index is 0.114. The molecule has 0 saturated heterocycles.